The number of hydrogen-bond acceptors (Lipinski definition) is 8. The summed E-state index contributed by atoms with van der Waals surface area (Å²) in [5.74, 6) is 0.663. The number of ether oxygens (including phenoxy) is 1. The fourth-order valence-corrected chi connectivity index (χ4v) is 5.01. The molecular formula is C20H22N4O3S2. The maximum atomic E-state index is 12.9. The first-order chi connectivity index (χ1) is 13.8. The molecule has 0 saturated carbocycles. The molecule has 0 aliphatic heterocycles. The SMILES string of the molecule is COc1ccc(Nc2nnc(SC(C)C(=O)c3[nH]c(C)c(C(C)=O)c3C)s2)cc1. The molecule has 2 heterocycles. The van der Waals surface area contributed by atoms with Crippen molar-refractivity contribution in [1.82, 2.24) is 15.2 Å². The molecule has 0 fully saturated rings. The van der Waals surface area contributed by atoms with Gasteiger partial charge in [-0.05, 0) is 57.5 Å². The van der Waals surface area contributed by atoms with Gasteiger partial charge < -0.3 is 15.0 Å². The molecule has 9 heteroatoms. The van der Waals surface area contributed by atoms with Gasteiger partial charge in [-0.2, -0.15) is 0 Å². The van der Waals surface area contributed by atoms with Crippen LogP contribution in [0.3, 0.4) is 0 Å². The van der Waals surface area contributed by atoms with Crippen molar-refractivity contribution in [3.05, 3.63) is 46.8 Å². The maximum absolute atomic E-state index is 12.9. The number of H-pyrrole nitrogens is 1. The first-order valence-corrected chi connectivity index (χ1v) is 10.6. The van der Waals surface area contributed by atoms with Gasteiger partial charge in [0.25, 0.3) is 0 Å². The first-order valence-electron chi connectivity index (χ1n) is 8.95. The molecule has 3 aromatic rings. The number of anilines is 2. The Morgan fingerprint density at radius 2 is 1.90 bits per heavy atom. The molecule has 3 rings (SSSR count). The molecule has 0 aliphatic rings. The van der Waals surface area contributed by atoms with Crippen LogP contribution in [-0.4, -0.2) is 39.1 Å². The fraction of sp³-hybridized carbons (Fsp3) is 0.300. The molecule has 29 heavy (non-hydrogen) atoms. The Balaban J connectivity index is 1.68. The van der Waals surface area contributed by atoms with Gasteiger partial charge in [-0.25, -0.2) is 0 Å². The lowest BCUT2D eigenvalue weighted by atomic mass is 10.0. The number of carbonyl (C=O) groups is 2. The molecule has 0 saturated heterocycles. The number of nitrogens with one attached hydrogen (secondary N) is 2. The summed E-state index contributed by atoms with van der Waals surface area (Å²) in [6.45, 7) is 6.94. The van der Waals surface area contributed by atoms with Gasteiger partial charge >= 0.3 is 0 Å². The number of thioether (sulfide) groups is 1. The van der Waals surface area contributed by atoms with Crippen molar-refractivity contribution >= 4 is 45.5 Å². The number of methoxy groups -OCH3 is 1. The highest BCUT2D eigenvalue weighted by molar-refractivity contribution is 8.02. The van der Waals surface area contributed by atoms with Crippen LogP contribution in [0.25, 0.3) is 0 Å². The van der Waals surface area contributed by atoms with E-state index in [0.29, 0.717) is 26.3 Å². The van der Waals surface area contributed by atoms with Crippen molar-refractivity contribution in [3.8, 4) is 5.75 Å². The van der Waals surface area contributed by atoms with Gasteiger partial charge in [0.2, 0.25) is 5.13 Å². The van der Waals surface area contributed by atoms with E-state index < -0.39 is 0 Å². The van der Waals surface area contributed by atoms with E-state index in [1.54, 1.807) is 21.0 Å². The Kier molecular flexibility index (Phi) is 6.39. The molecule has 0 aliphatic carbocycles. The zero-order chi connectivity index (χ0) is 21.1. The lowest BCUT2D eigenvalue weighted by Gasteiger charge is -2.07. The molecule has 0 radical (unpaired) electrons. The summed E-state index contributed by atoms with van der Waals surface area (Å²) in [6.07, 6.45) is 0. The molecule has 0 bridgehead atoms. The van der Waals surface area contributed by atoms with E-state index >= 15 is 0 Å². The summed E-state index contributed by atoms with van der Waals surface area (Å²) in [5.41, 5.74) is 3.36. The van der Waals surface area contributed by atoms with Crippen LogP contribution >= 0.6 is 23.1 Å². The normalized spacial score (nSPS) is 11.9. The van der Waals surface area contributed by atoms with E-state index in [2.05, 4.69) is 20.5 Å². The summed E-state index contributed by atoms with van der Waals surface area (Å²) in [6, 6.07) is 7.50. The predicted octanol–water partition coefficient (Wildman–Crippen LogP) is 4.80. The van der Waals surface area contributed by atoms with E-state index in [4.69, 9.17) is 4.74 Å². The van der Waals surface area contributed by atoms with Gasteiger partial charge in [0, 0.05) is 16.9 Å². The van der Waals surface area contributed by atoms with E-state index in [1.807, 2.05) is 31.2 Å². The highest BCUT2D eigenvalue weighted by atomic mass is 32.2. The van der Waals surface area contributed by atoms with Crippen LogP contribution in [0.2, 0.25) is 0 Å². The summed E-state index contributed by atoms with van der Waals surface area (Å²) in [5, 5.41) is 11.8. The lowest BCUT2D eigenvalue weighted by Crippen LogP contribution is -2.15. The average Bonchev–Trinajstić information content (AvgIpc) is 3.24. The van der Waals surface area contributed by atoms with Crippen LogP contribution in [0.5, 0.6) is 5.75 Å². The number of Topliss-reactive ketones (excluding diaryl/α,β-unsaturated/α-hetero) is 2. The number of nitrogens with zero attached hydrogens (tertiary/aromatic N) is 2. The molecule has 7 nitrogen and oxygen atoms in total. The quantitative estimate of drug-likeness (QED) is 0.391. The second-order valence-corrected chi connectivity index (χ2v) is 9.10. The Morgan fingerprint density at radius 3 is 2.48 bits per heavy atom. The molecule has 2 aromatic heterocycles. The van der Waals surface area contributed by atoms with Gasteiger partial charge in [-0.3, -0.25) is 9.59 Å². The maximum Gasteiger partial charge on any atom is 0.210 e. The summed E-state index contributed by atoms with van der Waals surface area (Å²) in [4.78, 5) is 27.8. The van der Waals surface area contributed by atoms with Gasteiger partial charge in [0.15, 0.2) is 15.9 Å². The number of aromatic amines is 1. The minimum Gasteiger partial charge on any atom is -0.497 e. The number of ketones is 2. The molecule has 2 N–H and O–H groups in total. The largest absolute Gasteiger partial charge is 0.497 e. The van der Waals surface area contributed by atoms with Crippen LogP contribution in [0, 0.1) is 13.8 Å². The highest BCUT2D eigenvalue weighted by Crippen LogP contribution is 2.32. The number of rotatable bonds is 8. The molecular weight excluding hydrogens is 408 g/mol. The second kappa shape index (κ2) is 8.79. The highest BCUT2D eigenvalue weighted by Gasteiger charge is 2.25. The van der Waals surface area contributed by atoms with Crippen molar-refractivity contribution in [3.63, 3.8) is 0 Å². The Labute approximate surface area is 177 Å². The lowest BCUT2D eigenvalue weighted by molar-refractivity contribution is 0.0988. The predicted molar refractivity (Wildman–Crippen MR) is 116 cm³/mol. The number of aryl methyl sites for hydroxylation is 1. The third-order valence-corrected chi connectivity index (χ3v) is 6.45. The summed E-state index contributed by atoms with van der Waals surface area (Å²) >= 11 is 2.72. The smallest absolute Gasteiger partial charge is 0.210 e. The summed E-state index contributed by atoms with van der Waals surface area (Å²) in [7, 11) is 1.62. The topological polar surface area (TPSA) is 97.0 Å². The van der Waals surface area contributed by atoms with Crippen molar-refractivity contribution in [2.24, 2.45) is 0 Å². The first kappa shape index (κ1) is 21.1. The number of hydrogen-bond donors (Lipinski definition) is 2. The number of aromatic nitrogens is 3. The van der Waals surface area contributed by atoms with Crippen molar-refractivity contribution in [2.45, 2.75) is 37.3 Å². The molecule has 152 valence electrons. The minimum atomic E-state index is -0.367. The van der Waals surface area contributed by atoms with Crippen LogP contribution in [0.4, 0.5) is 10.8 Å². The van der Waals surface area contributed by atoms with Gasteiger partial charge in [0.1, 0.15) is 5.75 Å². The van der Waals surface area contributed by atoms with Crippen LogP contribution < -0.4 is 10.1 Å². The third-order valence-electron chi connectivity index (χ3n) is 4.43. The number of carbonyl (C=O) groups excluding carboxylic acids is 2. The van der Waals surface area contributed by atoms with E-state index in [9.17, 15) is 9.59 Å². The van der Waals surface area contributed by atoms with Gasteiger partial charge in [0.05, 0.1) is 18.1 Å². The second-order valence-electron chi connectivity index (χ2n) is 6.53. The van der Waals surface area contributed by atoms with Crippen LogP contribution in [0.1, 0.15) is 46.0 Å². The van der Waals surface area contributed by atoms with Gasteiger partial charge in [-0.1, -0.05) is 23.1 Å². The monoisotopic (exact) mass is 430 g/mol. The third kappa shape index (κ3) is 4.68. The van der Waals surface area contributed by atoms with Crippen molar-refractivity contribution < 1.29 is 14.3 Å². The van der Waals surface area contributed by atoms with Crippen molar-refractivity contribution in [1.29, 1.82) is 0 Å². The Bertz CT molecular complexity index is 1040. The van der Waals surface area contributed by atoms with Crippen LogP contribution in [-0.2, 0) is 0 Å². The zero-order valence-electron chi connectivity index (χ0n) is 16.8. The molecule has 1 atom stereocenters. The van der Waals surface area contributed by atoms with E-state index in [0.717, 1.165) is 17.1 Å². The van der Waals surface area contributed by atoms with Crippen LogP contribution in [0.15, 0.2) is 28.6 Å². The zero-order valence-corrected chi connectivity index (χ0v) is 18.5. The van der Waals surface area contributed by atoms with E-state index in [-0.39, 0.29) is 16.8 Å². The van der Waals surface area contributed by atoms with Crippen molar-refractivity contribution in [2.75, 3.05) is 12.4 Å². The average molecular weight is 431 g/mol. The Morgan fingerprint density at radius 1 is 1.21 bits per heavy atom. The molecule has 0 amide bonds. The van der Waals surface area contributed by atoms with Gasteiger partial charge in [-0.15, -0.1) is 10.2 Å². The standard InChI is InChI=1S/C20H22N4O3S2/c1-10-16(12(3)25)11(2)21-17(10)18(26)13(4)28-20-24-23-19(29-20)22-14-6-8-15(27-5)9-7-14/h6-9,13,21H,1-5H3,(H,22,23). The fourth-order valence-electron chi connectivity index (χ4n) is 3.04. The molecule has 0 spiro atoms. The Hall–Kier alpha value is -2.65. The molecule has 1 unspecified atom stereocenters. The van der Waals surface area contributed by atoms with E-state index in [1.165, 1.54) is 30.0 Å². The molecule has 1 aromatic carbocycles. The summed E-state index contributed by atoms with van der Waals surface area (Å²) < 4.78 is 5.84. The number of benzene rings is 1. The minimum absolute atomic E-state index is 0.0472.